The van der Waals surface area contributed by atoms with Crippen LogP contribution in [0.4, 0.5) is 87.8 Å². The summed E-state index contributed by atoms with van der Waals surface area (Å²) in [6.45, 7) is 0. The molecule has 0 unspecified atom stereocenters. The quantitative estimate of drug-likeness (QED) is 0.293. The Balaban J connectivity index is 3.69. The first-order chi connectivity index (χ1) is 15.0. The maximum absolute atomic E-state index is 13.9. The van der Waals surface area contributed by atoms with E-state index < -0.39 is 89.2 Å². The van der Waals surface area contributed by atoms with Crippen LogP contribution >= 0.6 is 0 Å². The third-order valence-corrected chi connectivity index (χ3v) is 4.30. The minimum absolute atomic E-state index is 0.512. The van der Waals surface area contributed by atoms with Gasteiger partial charge in [0.25, 0.3) is 0 Å². The SMILES string of the molecule is FC(F)(F)c1ccc(C(F)(F)C(F)(F)C(F)(F)C(F)(F)C(F)(F)C(F)(F)C(F)(F)C(F)(F)F)cc1. The van der Waals surface area contributed by atoms with Crippen LogP contribution in [0.3, 0.4) is 0 Å². The molecule has 204 valence electrons. The van der Waals surface area contributed by atoms with Gasteiger partial charge in [-0.1, -0.05) is 12.1 Å². The lowest BCUT2D eigenvalue weighted by molar-refractivity contribution is -0.462. The van der Waals surface area contributed by atoms with E-state index in [-0.39, 0.29) is 0 Å². The molecule has 0 aliphatic rings. The first-order valence-electron chi connectivity index (χ1n) is 7.85. The van der Waals surface area contributed by atoms with E-state index in [2.05, 4.69) is 0 Å². The molecule has 20 heteroatoms. The monoisotopic (exact) mass is 564 g/mol. The zero-order valence-electron chi connectivity index (χ0n) is 15.4. The number of halogens is 20. The molecule has 0 atom stereocenters. The molecule has 0 N–H and O–H groups in total. The van der Waals surface area contributed by atoms with E-state index in [4.69, 9.17) is 0 Å². The molecule has 1 rings (SSSR count). The molecule has 0 spiro atoms. The highest BCUT2D eigenvalue weighted by molar-refractivity contribution is 5.30. The van der Waals surface area contributed by atoms with E-state index in [0.717, 1.165) is 0 Å². The fourth-order valence-electron chi connectivity index (χ4n) is 2.21. The summed E-state index contributed by atoms with van der Waals surface area (Å²) in [5, 5.41) is 0. The van der Waals surface area contributed by atoms with Gasteiger partial charge in [-0.05, 0) is 12.1 Å². The van der Waals surface area contributed by atoms with Crippen LogP contribution in [0.2, 0.25) is 0 Å². The van der Waals surface area contributed by atoms with Crippen LogP contribution < -0.4 is 0 Å². The first-order valence-corrected chi connectivity index (χ1v) is 7.85. The predicted octanol–water partition coefficient (Wildman–Crippen LogP) is 8.17. The smallest absolute Gasteiger partial charge is 0.194 e. The Hall–Kier alpha value is -2.18. The van der Waals surface area contributed by atoms with Gasteiger partial charge in [0.2, 0.25) is 0 Å². The zero-order chi connectivity index (χ0) is 28.5. The van der Waals surface area contributed by atoms with Gasteiger partial charge in [0, 0.05) is 5.56 Å². The molecule has 0 saturated carbocycles. The van der Waals surface area contributed by atoms with Gasteiger partial charge in [-0.3, -0.25) is 0 Å². The van der Waals surface area contributed by atoms with Crippen molar-refractivity contribution >= 4 is 0 Å². The van der Waals surface area contributed by atoms with E-state index in [0.29, 0.717) is 0 Å². The third-order valence-electron chi connectivity index (χ3n) is 4.30. The van der Waals surface area contributed by atoms with Gasteiger partial charge in [0.15, 0.2) is 0 Å². The van der Waals surface area contributed by atoms with Crippen molar-refractivity contribution < 1.29 is 87.8 Å². The fourth-order valence-corrected chi connectivity index (χ4v) is 2.21. The summed E-state index contributed by atoms with van der Waals surface area (Å²) in [6, 6.07) is -2.50. The molecule has 0 amide bonds. The number of rotatable bonds is 7. The lowest BCUT2D eigenvalue weighted by Gasteiger charge is -2.42. The highest BCUT2D eigenvalue weighted by atomic mass is 19.4. The Kier molecular flexibility index (Phi) is 6.97. The van der Waals surface area contributed by atoms with Gasteiger partial charge in [0.05, 0.1) is 5.56 Å². The summed E-state index contributed by atoms with van der Waals surface area (Å²) in [5.74, 6) is -57.9. The molecule has 0 nitrogen and oxygen atoms in total. The van der Waals surface area contributed by atoms with Crippen molar-refractivity contribution in [2.24, 2.45) is 0 Å². The highest BCUT2D eigenvalue weighted by Gasteiger charge is 2.95. The molecular formula is C15H4F20. The van der Waals surface area contributed by atoms with Crippen molar-refractivity contribution in [3.05, 3.63) is 35.4 Å². The number of benzene rings is 1. The molecule has 0 heterocycles. The molecule has 0 fully saturated rings. The molecule has 0 aromatic heterocycles. The molecule has 1 aromatic rings. The largest absolute Gasteiger partial charge is 0.460 e. The van der Waals surface area contributed by atoms with Gasteiger partial charge in [-0.2, -0.15) is 87.8 Å². The molecule has 0 aliphatic carbocycles. The number of alkyl halides is 20. The standard InChI is InChI=1S/C15H4F20/c16-7(17,5-1-3-6(4-2-5)8(18,19)20)9(21,22)10(23,24)11(25,26)12(27,28)13(29,30)14(31,32)15(33,34)35/h1-4H. The molecule has 0 bridgehead atoms. The van der Waals surface area contributed by atoms with Gasteiger partial charge in [-0.25, -0.2) is 0 Å². The summed E-state index contributed by atoms with van der Waals surface area (Å²) < 4.78 is 261. The zero-order valence-corrected chi connectivity index (χ0v) is 15.4. The topological polar surface area (TPSA) is 0 Å². The summed E-state index contributed by atoms with van der Waals surface area (Å²) in [5.41, 5.74) is -4.64. The summed E-state index contributed by atoms with van der Waals surface area (Å²) in [7, 11) is 0. The van der Waals surface area contributed by atoms with Gasteiger partial charge in [-0.15, -0.1) is 0 Å². The lowest BCUT2D eigenvalue weighted by Crippen LogP contribution is -2.74. The molecule has 0 aliphatic heterocycles. The second kappa shape index (κ2) is 7.91. The average Bonchev–Trinajstić information content (AvgIpc) is 2.65. The Morgan fingerprint density at radius 3 is 0.857 bits per heavy atom. The van der Waals surface area contributed by atoms with E-state index in [1.54, 1.807) is 0 Å². The van der Waals surface area contributed by atoms with E-state index >= 15 is 0 Å². The Labute approximate surface area is 178 Å². The van der Waals surface area contributed by atoms with Gasteiger partial charge >= 0.3 is 53.8 Å². The second-order valence-electron chi connectivity index (χ2n) is 6.59. The number of hydrogen-bond donors (Lipinski definition) is 0. The van der Waals surface area contributed by atoms with Crippen molar-refractivity contribution in [1.29, 1.82) is 0 Å². The Morgan fingerprint density at radius 2 is 0.571 bits per heavy atom. The Morgan fingerprint density at radius 1 is 0.314 bits per heavy atom. The summed E-state index contributed by atoms with van der Waals surface area (Å²) >= 11 is 0. The van der Waals surface area contributed by atoms with Crippen LogP contribution in [0.5, 0.6) is 0 Å². The summed E-state index contributed by atoms with van der Waals surface area (Å²) in [4.78, 5) is 0. The van der Waals surface area contributed by atoms with Crippen molar-refractivity contribution in [3.63, 3.8) is 0 Å². The van der Waals surface area contributed by atoms with Crippen LogP contribution in [-0.4, -0.2) is 41.7 Å². The van der Waals surface area contributed by atoms with E-state index in [1.807, 2.05) is 0 Å². The van der Waals surface area contributed by atoms with E-state index in [9.17, 15) is 87.8 Å². The molecule has 0 radical (unpaired) electrons. The molecule has 35 heavy (non-hydrogen) atoms. The van der Waals surface area contributed by atoms with Crippen LogP contribution in [-0.2, 0) is 12.1 Å². The highest BCUT2D eigenvalue weighted by Crippen LogP contribution is 2.65. The first kappa shape index (κ1) is 30.9. The maximum atomic E-state index is 13.9. The van der Waals surface area contributed by atoms with Crippen LogP contribution in [0.1, 0.15) is 11.1 Å². The number of hydrogen-bond acceptors (Lipinski definition) is 0. The molecular weight excluding hydrogens is 560 g/mol. The van der Waals surface area contributed by atoms with E-state index in [1.165, 1.54) is 0 Å². The van der Waals surface area contributed by atoms with Gasteiger partial charge < -0.3 is 0 Å². The summed E-state index contributed by atoms with van der Waals surface area (Å²) in [6.07, 6.45) is -13.2. The van der Waals surface area contributed by atoms with Crippen molar-refractivity contribution in [2.45, 2.75) is 53.8 Å². The van der Waals surface area contributed by atoms with Gasteiger partial charge in [0.1, 0.15) is 0 Å². The minimum atomic E-state index is -8.78. The second-order valence-corrected chi connectivity index (χ2v) is 6.59. The predicted molar refractivity (Wildman–Crippen MR) is 71.1 cm³/mol. The normalized spacial score (nSPS) is 16.0. The third kappa shape index (κ3) is 4.13. The maximum Gasteiger partial charge on any atom is 0.460 e. The van der Waals surface area contributed by atoms with Crippen LogP contribution in [0, 0.1) is 0 Å². The molecule has 1 aromatic carbocycles. The minimum Gasteiger partial charge on any atom is -0.194 e. The van der Waals surface area contributed by atoms with Crippen LogP contribution in [0.25, 0.3) is 0 Å². The molecule has 0 saturated heterocycles. The van der Waals surface area contributed by atoms with Crippen molar-refractivity contribution in [1.82, 2.24) is 0 Å². The Bertz CT molecular complexity index is 900. The average molecular weight is 564 g/mol. The van der Waals surface area contributed by atoms with Crippen molar-refractivity contribution in [2.75, 3.05) is 0 Å². The van der Waals surface area contributed by atoms with Crippen LogP contribution in [0.15, 0.2) is 24.3 Å². The lowest BCUT2D eigenvalue weighted by atomic mass is 9.87. The van der Waals surface area contributed by atoms with Crippen molar-refractivity contribution in [3.8, 4) is 0 Å². The fraction of sp³-hybridized carbons (Fsp3) is 0.600.